The molecule has 0 fully saturated rings. The maximum Gasteiger partial charge on any atom is 0.171 e. The fourth-order valence-corrected chi connectivity index (χ4v) is 2.40. The van der Waals surface area contributed by atoms with Gasteiger partial charge in [-0.2, -0.15) is 0 Å². The van der Waals surface area contributed by atoms with E-state index >= 15 is 0 Å². The molecule has 2 aromatic rings. The molecule has 18 heavy (non-hydrogen) atoms. The van der Waals surface area contributed by atoms with Crippen molar-refractivity contribution in [2.24, 2.45) is 0 Å². The second-order valence-electron chi connectivity index (χ2n) is 3.75. The number of benzene rings is 1. The van der Waals surface area contributed by atoms with E-state index in [4.69, 9.17) is 9.47 Å². The van der Waals surface area contributed by atoms with E-state index in [2.05, 4.69) is 0 Å². The Morgan fingerprint density at radius 2 is 2.06 bits per heavy atom. The van der Waals surface area contributed by atoms with Gasteiger partial charge in [0.2, 0.25) is 0 Å². The monoisotopic (exact) mass is 262 g/mol. The van der Waals surface area contributed by atoms with Gasteiger partial charge in [0.25, 0.3) is 0 Å². The summed E-state index contributed by atoms with van der Waals surface area (Å²) in [6.07, 6.45) is 0.403. The molecule has 0 amide bonds. The van der Waals surface area contributed by atoms with Crippen LogP contribution in [0.1, 0.15) is 15.2 Å². The van der Waals surface area contributed by atoms with Crippen molar-refractivity contribution in [3.63, 3.8) is 0 Å². The first-order valence-electron chi connectivity index (χ1n) is 5.52. The third-order valence-corrected chi connectivity index (χ3v) is 3.50. The number of thiophene rings is 1. The average Bonchev–Trinajstić information content (AvgIpc) is 2.90. The Labute approximate surface area is 110 Å². The summed E-state index contributed by atoms with van der Waals surface area (Å²) in [5, 5.41) is 1.97. The minimum Gasteiger partial charge on any atom is -0.497 e. The molecule has 0 saturated carbocycles. The number of carbonyl (C=O) groups is 1. The van der Waals surface area contributed by atoms with Crippen LogP contribution in [0.4, 0.5) is 0 Å². The SMILES string of the molecule is COc1ccc(C(=O)Cc2cccs2)c(OC)c1. The van der Waals surface area contributed by atoms with Crippen molar-refractivity contribution in [1.29, 1.82) is 0 Å². The Morgan fingerprint density at radius 1 is 1.22 bits per heavy atom. The molecule has 0 aliphatic carbocycles. The number of ether oxygens (including phenoxy) is 2. The summed E-state index contributed by atoms with van der Waals surface area (Å²) in [5.41, 5.74) is 0.590. The number of ketones is 1. The van der Waals surface area contributed by atoms with Crippen molar-refractivity contribution in [1.82, 2.24) is 0 Å². The van der Waals surface area contributed by atoms with E-state index in [0.29, 0.717) is 23.5 Å². The zero-order valence-corrected chi connectivity index (χ0v) is 11.1. The number of hydrogen-bond donors (Lipinski definition) is 0. The number of rotatable bonds is 5. The quantitative estimate of drug-likeness (QED) is 0.776. The number of methoxy groups -OCH3 is 2. The van der Waals surface area contributed by atoms with E-state index in [0.717, 1.165) is 4.88 Å². The van der Waals surface area contributed by atoms with Crippen LogP contribution in [0.25, 0.3) is 0 Å². The largest absolute Gasteiger partial charge is 0.497 e. The Hall–Kier alpha value is -1.81. The molecule has 4 heteroatoms. The topological polar surface area (TPSA) is 35.5 Å². The van der Waals surface area contributed by atoms with E-state index in [1.807, 2.05) is 17.5 Å². The van der Waals surface area contributed by atoms with Crippen molar-refractivity contribution in [2.45, 2.75) is 6.42 Å². The summed E-state index contributed by atoms with van der Waals surface area (Å²) in [6.45, 7) is 0. The van der Waals surface area contributed by atoms with Crippen molar-refractivity contribution in [3.05, 3.63) is 46.2 Å². The van der Waals surface area contributed by atoms with Gasteiger partial charge in [-0.25, -0.2) is 0 Å². The van der Waals surface area contributed by atoms with Crippen LogP contribution in [0.3, 0.4) is 0 Å². The molecule has 1 heterocycles. The standard InChI is InChI=1S/C14H14O3S/c1-16-10-5-6-12(14(8-10)17-2)13(15)9-11-4-3-7-18-11/h3-8H,9H2,1-2H3. The highest BCUT2D eigenvalue weighted by Crippen LogP contribution is 2.26. The van der Waals surface area contributed by atoms with Gasteiger partial charge in [-0.05, 0) is 23.6 Å². The van der Waals surface area contributed by atoms with Crippen molar-refractivity contribution in [3.8, 4) is 11.5 Å². The lowest BCUT2D eigenvalue weighted by molar-refractivity contribution is 0.0991. The van der Waals surface area contributed by atoms with Gasteiger partial charge in [0, 0.05) is 17.4 Å². The molecule has 0 saturated heterocycles. The lowest BCUT2D eigenvalue weighted by Crippen LogP contribution is -2.05. The fourth-order valence-electron chi connectivity index (χ4n) is 1.70. The Balaban J connectivity index is 2.24. The molecule has 1 aromatic heterocycles. The lowest BCUT2D eigenvalue weighted by Gasteiger charge is -2.09. The van der Waals surface area contributed by atoms with Gasteiger partial charge < -0.3 is 9.47 Å². The summed E-state index contributed by atoms with van der Waals surface area (Å²) in [4.78, 5) is 13.2. The summed E-state index contributed by atoms with van der Waals surface area (Å²) in [7, 11) is 3.14. The van der Waals surface area contributed by atoms with Crippen molar-refractivity contribution >= 4 is 17.1 Å². The van der Waals surface area contributed by atoms with Crippen LogP contribution in [-0.4, -0.2) is 20.0 Å². The Morgan fingerprint density at radius 3 is 2.67 bits per heavy atom. The first-order chi connectivity index (χ1) is 8.74. The summed E-state index contributed by atoms with van der Waals surface area (Å²) < 4.78 is 10.3. The first-order valence-corrected chi connectivity index (χ1v) is 6.40. The predicted molar refractivity (Wildman–Crippen MR) is 71.9 cm³/mol. The van der Waals surface area contributed by atoms with Gasteiger partial charge in [0.15, 0.2) is 5.78 Å². The lowest BCUT2D eigenvalue weighted by atomic mass is 10.1. The van der Waals surface area contributed by atoms with Crippen LogP contribution in [0.5, 0.6) is 11.5 Å². The molecule has 0 atom stereocenters. The highest BCUT2D eigenvalue weighted by atomic mass is 32.1. The molecule has 0 radical (unpaired) electrons. The number of hydrogen-bond acceptors (Lipinski definition) is 4. The summed E-state index contributed by atoms with van der Waals surface area (Å²) in [6, 6.07) is 9.14. The molecular formula is C14H14O3S. The van der Waals surface area contributed by atoms with Gasteiger partial charge in [-0.1, -0.05) is 6.07 Å². The Bertz CT molecular complexity index is 532. The van der Waals surface area contributed by atoms with Gasteiger partial charge >= 0.3 is 0 Å². The second kappa shape index (κ2) is 5.69. The normalized spacial score (nSPS) is 10.1. The fraction of sp³-hybridized carbons (Fsp3) is 0.214. The summed E-state index contributed by atoms with van der Waals surface area (Å²) >= 11 is 1.58. The molecule has 94 valence electrons. The van der Waals surface area contributed by atoms with Gasteiger partial charge in [0.05, 0.1) is 19.8 Å². The van der Waals surface area contributed by atoms with E-state index in [1.165, 1.54) is 0 Å². The molecular weight excluding hydrogens is 248 g/mol. The predicted octanol–water partition coefficient (Wildman–Crippen LogP) is 3.19. The molecule has 1 aromatic carbocycles. The molecule has 2 rings (SSSR count). The maximum atomic E-state index is 12.2. The van der Waals surface area contributed by atoms with E-state index in [1.54, 1.807) is 43.8 Å². The third kappa shape index (κ3) is 2.71. The number of carbonyl (C=O) groups excluding carboxylic acids is 1. The average molecular weight is 262 g/mol. The zero-order valence-electron chi connectivity index (χ0n) is 10.3. The summed E-state index contributed by atoms with van der Waals surface area (Å²) in [5.74, 6) is 1.28. The van der Waals surface area contributed by atoms with Gasteiger partial charge in [-0.15, -0.1) is 11.3 Å². The van der Waals surface area contributed by atoms with E-state index in [9.17, 15) is 4.79 Å². The van der Waals surface area contributed by atoms with Gasteiger partial charge in [-0.3, -0.25) is 4.79 Å². The van der Waals surface area contributed by atoms with Crippen LogP contribution < -0.4 is 9.47 Å². The highest BCUT2D eigenvalue weighted by molar-refractivity contribution is 7.10. The van der Waals surface area contributed by atoms with E-state index < -0.39 is 0 Å². The smallest absolute Gasteiger partial charge is 0.171 e. The zero-order chi connectivity index (χ0) is 13.0. The highest BCUT2D eigenvalue weighted by Gasteiger charge is 2.14. The number of Topliss-reactive ketones (excluding diaryl/α,β-unsaturated/α-hetero) is 1. The van der Waals surface area contributed by atoms with Crippen molar-refractivity contribution in [2.75, 3.05) is 14.2 Å². The second-order valence-corrected chi connectivity index (χ2v) is 4.78. The van der Waals surface area contributed by atoms with Crippen LogP contribution in [0, 0.1) is 0 Å². The van der Waals surface area contributed by atoms with Crippen LogP contribution >= 0.6 is 11.3 Å². The Kier molecular flexibility index (Phi) is 3.99. The van der Waals surface area contributed by atoms with Gasteiger partial charge in [0.1, 0.15) is 11.5 Å². The molecule has 0 aliphatic rings. The molecule has 0 aliphatic heterocycles. The van der Waals surface area contributed by atoms with Crippen molar-refractivity contribution < 1.29 is 14.3 Å². The molecule has 0 spiro atoms. The maximum absolute atomic E-state index is 12.2. The molecule has 0 bridgehead atoms. The van der Waals surface area contributed by atoms with E-state index in [-0.39, 0.29) is 5.78 Å². The van der Waals surface area contributed by atoms with Crippen LogP contribution in [0.15, 0.2) is 35.7 Å². The van der Waals surface area contributed by atoms with Crippen LogP contribution in [-0.2, 0) is 6.42 Å². The molecule has 3 nitrogen and oxygen atoms in total. The third-order valence-electron chi connectivity index (χ3n) is 2.62. The first kappa shape index (κ1) is 12.6. The van der Waals surface area contributed by atoms with Crippen LogP contribution in [0.2, 0.25) is 0 Å². The minimum atomic E-state index is 0.0527. The molecule has 0 unspecified atom stereocenters. The molecule has 0 N–H and O–H groups in total. The minimum absolute atomic E-state index is 0.0527.